The Bertz CT molecular complexity index is 623. The number of aliphatic hydroxyl groups is 1. The van der Waals surface area contributed by atoms with Crippen LogP contribution in [-0.2, 0) is 19.2 Å². The first-order valence-corrected chi connectivity index (χ1v) is 7.09. The predicted octanol–water partition coefficient (Wildman–Crippen LogP) is 1.43. The monoisotopic (exact) mass is 305 g/mol. The van der Waals surface area contributed by atoms with Crippen molar-refractivity contribution in [3.63, 3.8) is 0 Å². The summed E-state index contributed by atoms with van der Waals surface area (Å²) in [7, 11) is 5.08. The fourth-order valence-electron chi connectivity index (χ4n) is 2.24. The highest BCUT2D eigenvalue weighted by atomic mass is 16.5. The van der Waals surface area contributed by atoms with E-state index in [0.717, 1.165) is 22.6 Å². The Morgan fingerprint density at radius 1 is 1.32 bits per heavy atom. The number of benzene rings is 1. The van der Waals surface area contributed by atoms with Gasteiger partial charge in [0.2, 0.25) is 0 Å². The molecule has 2 rings (SSSR count). The zero-order chi connectivity index (χ0) is 16.2. The molecular formula is C16H23N3O3. The topological polar surface area (TPSA) is 68.5 Å². The van der Waals surface area contributed by atoms with Crippen molar-refractivity contribution in [3.8, 4) is 11.5 Å². The first-order valence-electron chi connectivity index (χ1n) is 7.09. The van der Waals surface area contributed by atoms with Gasteiger partial charge in [0.25, 0.3) is 0 Å². The molecule has 0 bridgehead atoms. The largest absolute Gasteiger partial charge is 0.497 e. The van der Waals surface area contributed by atoms with Crippen molar-refractivity contribution < 1.29 is 14.6 Å². The van der Waals surface area contributed by atoms with Gasteiger partial charge in [-0.2, -0.15) is 5.10 Å². The molecule has 6 nitrogen and oxygen atoms in total. The molecule has 2 N–H and O–H groups in total. The van der Waals surface area contributed by atoms with Crippen LogP contribution in [0.4, 0.5) is 0 Å². The van der Waals surface area contributed by atoms with Crippen molar-refractivity contribution in [3.05, 3.63) is 41.7 Å². The number of rotatable bonds is 7. The van der Waals surface area contributed by atoms with E-state index in [9.17, 15) is 5.11 Å². The van der Waals surface area contributed by atoms with Crippen LogP contribution < -0.4 is 14.8 Å². The highest BCUT2D eigenvalue weighted by Gasteiger charge is 2.24. The molecule has 1 heterocycles. The molecule has 1 atom stereocenters. The van der Waals surface area contributed by atoms with Crippen molar-refractivity contribution in [1.29, 1.82) is 0 Å². The summed E-state index contributed by atoms with van der Waals surface area (Å²) in [5.41, 5.74) is 0.808. The van der Waals surface area contributed by atoms with E-state index in [2.05, 4.69) is 10.4 Å². The van der Waals surface area contributed by atoms with E-state index in [-0.39, 0.29) is 0 Å². The van der Waals surface area contributed by atoms with Gasteiger partial charge in [-0.05, 0) is 13.0 Å². The van der Waals surface area contributed by atoms with Crippen molar-refractivity contribution in [2.45, 2.75) is 19.1 Å². The normalized spacial score (nSPS) is 13.7. The fourth-order valence-corrected chi connectivity index (χ4v) is 2.24. The molecule has 0 saturated heterocycles. The molecule has 0 aliphatic rings. The maximum absolute atomic E-state index is 10.5. The van der Waals surface area contributed by atoms with Gasteiger partial charge in [-0.15, -0.1) is 0 Å². The summed E-state index contributed by atoms with van der Waals surface area (Å²) in [4.78, 5) is 0. The van der Waals surface area contributed by atoms with Crippen LogP contribution in [0.1, 0.15) is 18.1 Å². The number of hydrogen-bond acceptors (Lipinski definition) is 5. The number of methoxy groups -OCH3 is 2. The Morgan fingerprint density at radius 2 is 2.09 bits per heavy atom. The highest BCUT2D eigenvalue weighted by molar-refractivity contribution is 5.40. The lowest BCUT2D eigenvalue weighted by Gasteiger charge is -2.22. The van der Waals surface area contributed by atoms with Gasteiger partial charge >= 0.3 is 0 Å². The standard InChI is InChI=1S/C16H23N3O3/c1-16(20,13-9-18-19(2)10-13)11-17-8-12-5-6-14(21-3)7-15(12)22-4/h5-7,9-10,17,20H,8,11H2,1-4H3. The molecule has 22 heavy (non-hydrogen) atoms. The maximum Gasteiger partial charge on any atom is 0.127 e. The minimum Gasteiger partial charge on any atom is -0.497 e. The minimum atomic E-state index is -0.978. The summed E-state index contributed by atoms with van der Waals surface area (Å²) in [6, 6.07) is 5.68. The molecular weight excluding hydrogens is 282 g/mol. The quantitative estimate of drug-likeness (QED) is 0.810. The van der Waals surface area contributed by atoms with E-state index in [4.69, 9.17) is 9.47 Å². The van der Waals surface area contributed by atoms with Gasteiger partial charge in [-0.1, -0.05) is 6.07 Å². The number of nitrogens with zero attached hydrogens (tertiary/aromatic N) is 2. The maximum atomic E-state index is 10.5. The summed E-state index contributed by atoms with van der Waals surface area (Å²) in [5.74, 6) is 1.51. The number of aryl methyl sites for hydroxylation is 1. The fraction of sp³-hybridized carbons (Fsp3) is 0.438. The van der Waals surface area contributed by atoms with E-state index in [1.54, 1.807) is 32.0 Å². The molecule has 6 heteroatoms. The van der Waals surface area contributed by atoms with Crippen LogP contribution in [0, 0.1) is 0 Å². The molecule has 2 aromatic rings. The van der Waals surface area contributed by atoms with Crippen LogP contribution >= 0.6 is 0 Å². The van der Waals surface area contributed by atoms with Crippen LogP contribution in [0.25, 0.3) is 0 Å². The predicted molar refractivity (Wildman–Crippen MR) is 84.0 cm³/mol. The highest BCUT2D eigenvalue weighted by Crippen LogP contribution is 2.25. The van der Waals surface area contributed by atoms with E-state index in [0.29, 0.717) is 13.1 Å². The second-order valence-corrected chi connectivity index (χ2v) is 5.46. The lowest BCUT2D eigenvalue weighted by molar-refractivity contribution is 0.0565. The molecule has 0 aliphatic carbocycles. The summed E-state index contributed by atoms with van der Waals surface area (Å²) >= 11 is 0. The van der Waals surface area contributed by atoms with Gasteiger partial charge in [0.15, 0.2) is 0 Å². The van der Waals surface area contributed by atoms with Crippen molar-refractivity contribution in [2.24, 2.45) is 7.05 Å². The Labute approximate surface area is 130 Å². The van der Waals surface area contributed by atoms with Gasteiger partial charge in [-0.3, -0.25) is 4.68 Å². The Kier molecular flexibility index (Phi) is 5.05. The van der Waals surface area contributed by atoms with E-state index in [1.165, 1.54) is 0 Å². The Balaban J connectivity index is 1.98. The molecule has 0 saturated carbocycles. The van der Waals surface area contributed by atoms with E-state index < -0.39 is 5.60 Å². The second-order valence-electron chi connectivity index (χ2n) is 5.46. The van der Waals surface area contributed by atoms with Crippen LogP contribution in [0.2, 0.25) is 0 Å². The molecule has 0 spiro atoms. The second kappa shape index (κ2) is 6.81. The van der Waals surface area contributed by atoms with E-state index >= 15 is 0 Å². The Hall–Kier alpha value is -2.05. The van der Waals surface area contributed by atoms with Crippen LogP contribution in [0.3, 0.4) is 0 Å². The molecule has 0 fully saturated rings. The molecule has 0 amide bonds. The lowest BCUT2D eigenvalue weighted by Crippen LogP contribution is -2.34. The SMILES string of the molecule is COc1ccc(CNCC(C)(O)c2cnn(C)c2)c(OC)c1. The zero-order valence-electron chi connectivity index (χ0n) is 13.5. The summed E-state index contributed by atoms with van der Waals surface area (Å²) in [6.45, 7) is 2.76. The van der Waals surface area contributed by atoms with Gasteiger partial charge in [0.1, 0.15) is 17.1 Å². The molecule has 0 radical (unpaired) electrons. The van der Waals surface area contributed by atoms with Crippen molar-refractivity contribution in [1.82, 2.24) is 15.1 Å². The first kappa shape index (κ1) is 16.3. The van der Waals surface area contributed by atoms with Gasteiger partial charge < -0.3 is 19.9 Å². The third-order valence-corrected chi connectivity index (χ3v) is 3.61. The summed E-state index contributed by atoms with van der Waals surface area (Å²) in [5, 5.41) is 17.9. The van der Waals surface area contributed by atoms with E-state index in [1.807, 2.05) is 31.4 Å². The van der Waals surface area contributed by atoms with Gasteiger partial charge in [0, 0.05) is 43.5 Å². The molecule has 1 unspecified atom stereocenters. The third-order valence-electron chi connectivity index (χ3n) is 3.61. The average Bonchev–Trinajstić information content (AvgIpc) is 2.95. The average molecular weight is 305 g/mol. The van der Waals surface area contributed by atoms with Gasteiger partial charge in [-0.25, -0.2) is 0 Å². The number of aromatic nitrogens is 2. The molecule has 0 aliphatic heterocycles. The smallest absolute Gasteiger partial charge is 0.127 e. The summed E-state index contributed by atoms with van der Waals surface area (Å²) < 4.78 is 12.2. The Morgan fingerprint density at radius 3 is 2.68 bits per heavy atom. The number of ether oxygens (including phenoxy) is 2. The third kappa shape index (κ3) is 3.78. The van der Waals surface area contributed by atoms with Crippen LogP contribution in [-0.4, -0.2) is 35.7 Å². The van der Waals surface area contributed by atoms with Crippen LogP contribution in [0.15, 0.2) is 30.6 Å². The first-order chi connectivity index (χ1) is 10.5. The van der Waals surface area contributed by atoms with Gasteiger partial charge in [0.05, 0.1) is 20.4 Å². The lowest BCUT2D eigenvalue weighted by atomic mass is 9.99. The van der Waals surface area contributed by atoms with Crippen molar-refractivity contribution in [2.75, 3.05) is 20.8 Å². The van der Waals surface area contributed by atoms with Crippen molar-refractivity contribution >= 4 is 0 Å². The minimum absolute atomic E-state index is 0.411. The van der Waals surface area contributed by atoms with Crippen LogP contribution in [0.5, 0.6) is 11.5 Å². The summed E-state index contributed by atoms with van der Waals surface area (Å²) in [6.07, 6.45) is 3.49. The molecule has 1 aromatic heterocycles. The molecule has 1 aromatic carbocycles. The number of nitrogens with one attached hydrogen (secondary N) is 1. The molecule has 120 valence electrons. The number of hydrogen-bond donors (Lipinski definition) is 2. The zero-order valence-corrected chi connectivity index (χ0v) is 13.5.